The van der Waals surface area contributed by atoms with Gasteiger partial charge in [0.15, 0.2) is 11.7 Å². The molecule has 3 atom stereocenters. The number of aromatic hydroxyl groups is 1. The van der Waals surface area contributed by atoms with Crippen LogP contribution in [-0.4, -0.2) is 71.2 Å². The first kappa shape index (κ1) is 31.3. The Balaban J connectivity index is 2.05. The number of phenols is 1. The summed E-state index contributed by atoms with van der Waals surface area (Å²) >= 11 is 0. The van der Waals surface area contributed by atoms with Crippen LogP contribution in [0.2, 0.25) is 0 Å². The molecule has 1 aliphatic heterocycles. The third kappa shape index (κ3) is 10.8. The molecule has 1 fully saturated rings. The van der Waals surface area contributed by atoms with Crippen LogP contribution < -0.4 is 28.3 Å². The highest BCUT2D eigenvalue weighted by Gasteiger charge is 2.35. The van der Waals surface area contributed by atoms with Crippen molar-refractivity contribution in [3.63, 3.8) is 0 Å². The molecule has 39 heavy (non-hydrogen) atoms. The van der Waals surface area contributed by atoms with Gasteiger partial charge in [-0.05, 0) is 68.8 Å². The van der Waals surface area contributed by atoms with Gasteiger partial charge < -0.3 is 38.3 Å². The van der Waals surface area contributed by atoms with Crippen molar-refractivity contribution in [1.29, 1.82) is 0 Å². The van der Waals surface area contributed by atoms with Gasteiger partial charge in [-0.2, -0.15) is 0 Å². The smallest absolute Gasteiger partial charge is 0.247 e. The van der Waals surface area contributed by atoms with Crippen LogP contribution in [0.25, 0.3) is 6.08 Å². The number of ketones is 1. The summed E-state index contributed by atoms with van der Waals surface area (Å²) < 4.78 is 0. The highest BCUT2D eigenvalue weighted by molar-refractivity contribution is 5.98. The van der Waals surface area contributed by atoms with Crippen molar-refractivity contribution in [3.8, 4) is 5.75 Å². The predicted octanol–water partition coefficient (Wildman–Crippen LogP) is 0.125. The maximum atomic E-state index is 13.3. The van der Waals surface area contributed by atoms with Crippen LogP contribution in [0, 0.1) is 5.92 Å². The monoisotopic (exact) mass is 543 g/mol. The molecule has 3 amide bonds. The molecule has 1 heterocycles. The fourth-order valence-corrected chi connectivity index (χ4v) is 4.53. The van der Waals surface area contributed by atoms with Gasteiger partial charge in [0.2, 0.25) is 17.7 Å². The minimum Gasteiger partial charge on any atom is -0.508 e. The van der Waals surface area contributed by atoms with Crippen molar-refractivity contribution < 1.29 is 24.3 Å². The van der Waals surface area contributed by atoms with Crippen LogP contribution in [0.3, 0.4) is 0 Å². The number of Topliss-reactive ketones (excluding diaryl/α,β-unsaturated/α-hetero) is 1. The molecular weight excluding hydrogens is 502 g/mol. The molecule has 2 rings (SSSR count). The van der Waals surface area contributed by atoms with Crippen LogP contribution in [0.15, 0.2) is 35.3 Å². The number of hydrogen-bond donors (Lipinski definition) is 6. The van der Waals surface area contributed by atoms with Crippen LogP contribution in [0.4, 0.5) is 0 Å². The number of nitrogens with one attached hydrogen (secondary N) is 1. The van der Waals surface area contributed by atoms with Crippen molar-refractivity contribution in [3.05, 3.63) is 35.9 Å². The molecule has 0 aliphatic carbocycles. The van der Waals surface area contributed by atoms with E-state index >= 15 is 0 Å². The fraction of sp³-hybridized carbons (Fsp3) is 0.519. The SMILES string of the molecule is NCCCC[C@H](CC(=O)[C@@H]1CCCN1C(=O)/C=C/c1ccc(O)cc1)C(=O)N[C@@H](CCCN=C(N)N)C(N)=O. The van der Waals surface area contributed by atoms with Crippen molar-refractivity contribution in [2.24, 2.45) is 33.8 Å². The van der Waals surface area contributed by atoms with Crippen molar-refractivity contribution in [1.82, 2.24) is 10.2 Å². The van der Waals surface area contributed by atoms with Crippen molar-refractivity contribution in [2.45, 2.75) is 63.5 Å². The van der Waals surface area contributed by atoms with Gasteiger partial charge in [-0.1, -0.05) is 18.6 Å². The van der Waals surface area contributed by atoms with Crippen LogP contribution in [-0.2, 0) is 19.2 Å². The van der Waals surface area contributed by atoms with Crippen molar-refractivity contribution in [2.75, 3.05) is 19.6 Å². The normalized spacial score (nSPS) is 16.5. The van der Waals surface area contributed by atoms with E-state index < -0.39 is 29.8 Å². The van der Waals surface area contributed by atoms with E-state index in [1.165, 1.54) is 23.1 Å². The molecule has 0 radical (unpaired) electrons. The Morgan fingerprint density at radius 1 is 1.08 bits per heavy atom. The second-order valence-electron chi connectivity index (χ2n) is 9.68. The largest absolute Gasteiger partial charge is 0.508 e. The van der Waals surface area contributed by atoms with Gasteiger partial charge in [0.05, 0.1) is 6.04 Å². The van der Waals surface area contributed by atoms with Gasteiger partial charge in [0.1, 0.15) is 11.8 Å². The van der Waals surface area contributed by atoms with E-state index in [9.17, 15) is 24.3 Å². The second kappa shape index (κ2) is 16.1. The summed E-state index contributed by atoms with van der Waals surface area (Å²) in [4.78, 5) is 56.7. The summed E-state index contributed by atoms with van der Waals surface area (Å²) in [6.07, 6.45) is 6.58. The number of likely N-dealkylation sites (tertiary alicyclic amines) is 1. The number of carbonyl (C=O) groups excluding carboxylic acids is 4. The van der Waals surface area contributed by atoms with E-state index in [0.717, 1.165) is 5.56 Å². The number of hydrogen-bond acceptors (Lipinski definition) is 7. The van der Waals surface area contributed by atoms with E-state index in [0.29, 0.717) is 51.6 Å². The van der Waals surface area contributed by atoms with Crippen LogP contribution in [0.5, 0.6) is 5.75 Å². The number of unbranched alkanes of at least 4 members (excludes halogenated alkanes) is 1. The summed E-state index contributed by atoms with van der Waals surface area (Å²) in [5, 5.41) is 12.1. The summed E-state index contributed by atoms with van der Waals surface area (Å²) in [5.74, 6) is -2.24. The molecule has 1 aromatic rings. The molecule has 12 nitrogen and oxygen atoms in total. The zero-order chi connectivity index (χ0) is 28.8. The first-order valence-electron chi connectivity index (χ1n) is 13.3. The van der Waals surface area contributed by atoms with Gasteiger partial charge in [-0.3, -0.25) is 24.2 Å². The Morgan fingerprint density at radius 3 is 2.44 bits per heavy atom. The number of nitrogens with zero attached hydrogens (tertiary/aromatic N) is 2. The minimum atomic E-state index is -0.923. The number of guanidine groups is 1. The maximum absolute atomic E-state index is 13.3. The zero-order valence-corrected chi connectivity index (χ0v) is 22.3. The average Bonchev–Trinajstić information content (AvgIpc) is 3.39. The van der Waals surface area contributed by atoms with Crippen LogP contribution >= 0.6 is 0 Å². The van der Waals surface area contributed by atoms with E-state index in [1.807, 2.05) is 0 Å². The number of carbonyl (C=O) groups is 4. The lowest BCUT2D eigenvalue weighted by atomic mass is 9.91. The van der Waals surface area contributed by atoms with Crippen molar-refractivity contribution >= 4 is 35.5 Å². The second-order valence-corrected chi connectivity index (χ2v) is 9.68. The third-order valence-corrected chi connectivity index (χ3v) is 6.65. The number of rotatable bonds is 16. The molecular formula is C27H41N7O5. The lowest BCUT2D eigenvalue weighted by Gasteiger charge is -2.25. The first-order valence-corrected chi connectivity index (χ1v) is 13.3. The Bertz CT molecular complexity index is 1040. The zero-order valence-electron chi connectivity index (χ0n) is 22.3. The lowest BCUT2D eigenvalue weighted by molar-refractivity contribution is -0.136. The van der Waals surface area contributed by atoms with Gasteiger partial charge in [-0.25, -0.2) is 0 Å². The summed E-state index contributed by atoms with van der Waals surface area (Å²) in [6, 6.07) is 4.85. The third-order valence-electron chi connectivity index (χ3n) is 6.65. The number of amides is 3. The fourth-order valence-electron chi connectivity index (χ4n) is 4.53. The molecule has 0 saturated carbocycles. The van der Waals surface area contributed by atoms with Gasteiger partial charge in [0.25, 0.3) is 0 Å². The van der Waals surface area contributed by atoms with E-state index in [1.54, 1.807) is 18.2 Å². The predicted molar refractivity (Wildman–Crippen MR) is 149 cm³/mol. The highest BCUT2D eigenvalue weighted by Crippen LogP contribution is 2.24. The Hall–Kier alpha value is -3.93. The lowest BCUT2D eigenvalue weighted by Crippen LogP contribution is -2.48. The molecule has 0 bridgehead atoms. The quantitative estimate of drug-likeness (QED) is 0.0726. The Morgan fingerprint density at radius 2 is 1.79 bits per heavy atom. The molecule has 0 spiro atoms. The number of primary amides is 1. The molecule has 0 aromatic heterocycles. The number of aliphatic imine (C=N–C) groups is 1. The van der Waals surface area contributed by atoms with Gasteiger partial charge in [0, 0.05) is 31.5 Å². The summed E-state index contributed by atoms with van der Waals surface area (Å²) in [7, 11) is 0. The topological polar surface area (TPSA) is 220 Å². The van der Waals surface area contributed by atoms with E-state index in [-0.39, 0.29) is 42.8 Å². The molecule has 1 saturated heterocycles. The molecule has 0 unspecified atom stereocenters. The molecule has 10 N–H and O–H groups in total. The number of benzene rings is 1. The molecule has 1 aliphatic rings. The van der Waals surface area contributed by atoms with Gasteiger partial charge >= 0.3 is 0 Å². The summed E-state index contributed by atoms with van der Waals surface area (Å²) in [6.45, 7) is 1.18. The first-order chi connectivity index (χ1) is 18.6. The van der Waals surface area contributed by atoms with Gasteiger partial charge in [-0.15, -0.1) is 0 Å². The molecule has 12 heteroatoms. The molecule has 1 aromatic carbocycles. The van der Waals surface area contributed by atoms with Crippen LogP contribution in [0.1, 0.15) is 56.9 Å². The Kier molecular flexibility index (Phi) is 12.9. The maximum Gasteiger partial charge on any atom is 0.247 e. The highest BCUT2D eigenvalue weighted by atomic mass is 16.3. The summed E-state index contributed by atoms with van der Waals surface area (Å²) in [5.41, 5.74) is 22.5. The number of nitrogens with two attached hydrogens (primary N) is 4. The average molecular weight is 544 g/mol. The minimum absolute atomic E-state index is 0.0635. The van der Waals surface area contributed by atoms with E-state index in [4.69, 9.17) is 22.9 Å². The molecule has 214 valence electrons. The van der Waals surface area contributed by atoms with E-state index in [2.05, 4.69) is 10.3 Å². The Labute approximate surface area is 228 Å². The standard InChI is InChI=1S/C27H41N7O5/c28-14-2-1-5-19(26(39)33-21(25(29)38)6-3-15-32-27(30)31)17-23(36)22-7-4-16-34(22)24(37)13-10-18-8-11-20(35)12-9-18/h8-13,19,21-22,35H,1-7,14-17,28H2,(H2,29,38)(H,33,39)(H4,30,31,32)/b13-10+/t19-,21+,22+/m1/s1. The number of phenolic OH excluding ortho intramolecular Hbond substituents is 1.